The van der Waals surface area contributed by atoms with Crippen molar-refractivity contribution in [1.29, 1.82) is 0 Å². The molecule has 0 radical (unpaired) electrons. The summed E-state index contributed by atoms with van der Waals surface area (Å²) in [6, 6.07) is 6.87. The minimum absolute atomic E-state index is 0.167. The molecule has 1 saturated heterocycles. The molecule has 0 amide bonds. The Morgan fingerprint density at radius 3 is 2.53 bits per heavy atom. The zero-order valence-corrected chi connectivity index (χ0v) is 10.4. The summed E-state index contributed by atoms with van der Waals surface area (Å²) >= 11 is 1.95. The molecular formula is C12H16N2O2S. The van der Waals surface area contributed by atoms with Crippen LogP contribution in [0, 0.1) is 10.1 Å². The molecule has 17 heavy (non-hydrogen) atoms. The first-order valence-corrected chi connectivity index (χ1v) is 6.86. The molecule has 1 N–H and O–H groups in total. The first-order valence-electron chi connectivity index (χ1n) is 5.81. The molecule has 0 atom stereocenters. The number of nitrogens with one attached hydrogen (secondary N) is 1. The van der Waals surface area contributed by atoms with Gasteiger partial charge < -0.3 is 5.32 Å². The van der Waals surface area contributed by atoms with E-state index in [2.05, 4.69) is 5.32 Å². The van der Waals surface area contributed by atoms with Gasteiger partial charge in [0.1, 0.15) is 0 Å². The first kappa shape index (κ1) is 12.4. The standard InChI is InChI=1S/C12H16N2O2S/c15-14(16)11-3-1-10(2-4-11)9-17-12-5-7-13-8-6-12/h1-4,12-13H,5-9H2. The van der Waals surface area contributed by atoms with Crippen molar-refractivity contribution in [3.05, 3.63) is 39.9 Å². The molecular weight excluding hydrogens is 236 g/mol. The second-order valence-electron chi connectivity index (χ2n) is 4.18. The zero-order valence-electron chi connectivity index (χ0n) is 9.59. The van der Waals surface area contributed by atoms with Crippen molar-refractivity contribution in [3.63, 3.8) is 0 Å². The van der Waals surface area contributed by atoms with Crippen LogP contribution < -0.4 is 5.32 Å². The fourth-order valence-corrected chi connectivity index (χ4v) is 3.08. The first-order chi connectivity index (χ1) is 8.25. The monoisotopic (exact) mass is 252 g/mol. The fourth-order valence-electron chi connectivity index (χ4n) is 1.89. The smallest absolute Gasteiger partial charge is 0.269 e. The van der Waals surface area contributed by atoms with Gasteiger partial charge in [0.15, 0.2) is 0 Å². The Morgan fingerprint density at radius 2 is 1.94 bits per heavy atom. The molecule has 0 spiro atoms. The highest BCUT2D eigenvalue weighted by Crippen LogP contribution is 2.25. The minimum atomic E-state index is -0.357. The lowest BCUT2D eigenvalue weighted by molar-refractivity contribution is -0.384. The van der Waals surface area contributed by atoms with Gasteiger partial charge in [-0.1, -0.05) is 12.1 Å². The second kappa shape index (κ2) is 6.02. The van der Waals surface area contributed by atoms with Gasteiger partial charge in [-0.15, -0.1) is 0 Å². The molecule has 92 valence electrons. The van der Waals surface area contributed by atoms with Crippen LogP contribution in [0.3, 0.4) is 0 Å². The van der Waals surface area contributed by atoms with Gasteiger partial charge in [-0.3, -0.25) is 10.1 Å². The van der Waals surface area contributed by atoms with Crippen molar-refractivity contribution >= 4 is 17.4 Å². The lowest BCUT2D eigenvalue weighted by Gasteiger charge is -2.21. The van der Waals surface area contributed by atoms with Crippen molar-refractivity contribution in [2.45, 2.75) is 23.8 Å². The maximum atomic E-state index is 10.5. The maximum Gasteiger partial charge on any atom is 0.269 e. The molecule has 1 fully saturated rings. The van der Waals surface area contributed by atoms with Gasteiger partial charge in [-0.2, -0.15) is 11.8 Å². The molecule has 0 aliphatic carbocycles. The topological polar surface area (TPSA) is 55.2 Å². The van der Waals surface area contributed by atoms with E-state index in [1.807, 2.05) is 23.9 Å². The second-order valence-corrected chi connectivity index (χ2v) is 5.47. The van der Waals surface area contributed by atoms with Gasteiger partial charge in [0.25, 0.3) is 5.69 Å². The average Bonchev–Trinajstić information content (AvgIpc) is 2.38. The fraction of sp³-hybridized carbons (Fsp3) is 0.500. The Morgan fingerprint density at radius 1 is 1.29 bits per heavy atom. The number of piperidine rings is 1. The van der Waals surface area contributed by atoms with E-state index in [1.165, 1.54) is 18.4 Å². The largest absolute Gasteiger partial charge is 0.317 e. The third-order valence-electron chi connectivity index (χ3n) is 2.92. The number of thioether (sulfide) groups is 1. The van der Waals surface area contributed by atoms with E-state index >= 15 is 0 Å². The van der Waals surface area contributed by atoms with Crippen molar-refractivity contribution in [2.75, 3.05) is 13.1 Å². The number of nitrogens with zero attached hydrogens (tertiary/aromatic N) is 1. The number of benzene rings is 1. The highest BCUT2D eigenvalue weighted by Gasteiger charge is 2.13. The summed E-state index contributed by atoms with van der Waals surface area (Å²) in [6.45, 7) is 2.22. The molecule has 1 aliphatic rings. The van der Waals surface area contributed by atoms with Crippen LogP contribution in [0.1, 0.15) is 18.4 Å². The SMILES string of the molecule is O=[N+]([O-])c1ccc(CSC2CCNCC2)cc1. The number of nitro benzene ring substituents is 1. The Bertz CT molecular complexity index is 375. The number of nitro groups is 1. The lowest BCUT2D eigenvalue weighted by atomic mass is 10.2. The molecule has 1 aromatic rings. The number of hydrogen-bond donors (Lipinski definition) is 1. The van der Waals surface area contributed by atoms with E-state index in [0.717, 1.165) is 24.1 Å². The Kier molecular flexibility index (Phi) is 4.39. The Labute approximate surface area is 105 Å². The molecule has 1 heterocycles. The average molecular weight is 252 g/mol. The number of non-ortho nitro benzene ring substituents is 1. The molecule has 1 aromatic carbocycles. The van der Waals surface area contributed by atoms with Crippen LogP contribution in [0.15, 0.2) is 24.3 Å². The van der Waals surface area contributed by atoms with E-state index in [1.54, 1.807) is 12.1 Å². The van der Waals surface area contributed by atoms with Gasteiger partial charge in [-0.05, 0) is 31.5 Å². The molecule has 1 aliphatic heterocycles. The summed E-state index contributed by atoms with van der Waals surface area (Å²) < 4.78 is 0. The number of rotatable bonds is 4. The summed E-state index contributed by atoms with van der Waals surface area (Å²) in [7, 11) is 0. The van der Waals surface area contributed by atoms with Crippen molar-refractivity contribution in [2.24, 2.45) is 0 Å². The van der Waals surface area contributed by atoms with E-state index in [-0.39, 0.29) is 10.6 Å². The maximum absolute atomic E-state index is 10.5. The number of hydrogen-bond acceptors (Lipinski definition) is 4. The predicted molar refractivity (Wildman–Crippen MR) is 70.3 cm³/mol. The molecule has 0 unspecified atom stereocenters. The Balaban J connectivity index is 1.84. The van der Waals surface area contributed by atoms with Crippen LogP contribution in [0.4, 0.5) is 5.69 Å². The van der Waals surface area contributed by atoms with Crippen molar-refractivity contribution in [1.82, 2.24) is 5.32 Å². The zero-order chi connectivity index (χ0) is 12.1. The molecule has 5 heteroatoms. The van der Waals surface area contributed by atoms with Crippen molar-refractivity contribution < 1.29 is 4.92 Å². The summed E-state index contributed by atoms with van der Waals surface area (Å²) in [6.07, 6.45) is 2.44. The summed E-state index contributed by atoms with van der Waals surface area (Å²) in [5.74, 6) is 0.947. The highest BCUT2D eigenvalue weighted by atomic mass is 32.2. The van der Waals surface area contributed by atoms with Crippen LogP contribution in [0.5, 0.6) is 0 Å². The van der Waals surface area contributed by atoms with Gasteiger partial charge in [0.05, 0.1) is 4.92 Å². The van der Waals surface area contributed by atoms with Crippen LogP contribution >= 0.6 is 11.8 Å². The van der Waals surface area contributed by atoms with Gasteiger partial charge in [0.2, 0.25) is 0 Å². The van der Waals surface area contributed by atoms with Crippen LogP contribution in [0.2, 0.25) is 0 Å². The quantitative estimate of drug-likeness (QED) is 0.661. The third kappa shape index (κ3) is 3.71. The third-order valence-corrected chi connectivity index (χ3v) is 4.36. The van der Waals surface area contributed by atoms with E-state index in [0.29, 0.717) is 0 Å². The van der Waals surface area contributed by atoms with Crippen LogP contribution in [-0.4, -0.2) is 23.3 Å². The van der Waals surface area contributed by atoms with Gasteiger partial charge >= 0.3 is 0 Å². The molecule has 4 nitrogen and oxygen atoms in total. The Hall–Kier alpha value is -1.07. The van der Waals surface area contributed by atoms with Crippen LogP contribution in [0.25, 0.3) is 0 Å². The van der Waals surface area contributed by atoms with E-state index in [4.69, 9.17) is 0 Å². The summed E-state index contributed by atoms with van der Waals surface area (Å²) in [5.41, 5.74) is 1.33. The molecule has 0 saturated carbocycles. The van der Waals surface area contributed by atoms with Crippen LogP contribution in [-0.2, 0) is 5.75 Å². The van der Waals surface area contributed by atoms with Crippen molar-refractivity contribution in [3.8, 4) is 0 Å². The predicted octanol–water partition coefficient (Wildman–Crippen LogP) is 2.58. The summed E-state index contributed by atoms with van der Waals surface area (Å²) in [4.78, 5) is 10.2. The molecule has 2 rings (SSSR count). The van der Waals surface area contributed by atoms with E-state index in [9.17, 15) is 10.1 Å². The van der Waals surface area contributed by atoms with E-state index < -0.39 is 0 Å². The minimum Gasteiger partial charge on any atom is -0.317 e. The highest BCUT2D eigenvalue weighted by molar-refractivity contribution is 7.99. The van der Waals surface area contributed by atoms with Gasteiger partial charge in [0, 0.05) is 23.1 Å². The normalized spacial score (nSPS) is 16.9. The van der Waals surface area contributed by atoms with Gasteiger partial charge in [-0.25, -0.2) is 0 Å². The molecule has 0 bridgehead atoms. The lowest BCUT2D eigenvalue weighted by Crippen LogP contribution is -2.29. The molecule has 0 aromatic heterocycles. The summed E-state index contributed by atoms with van der Waals surface area (Å²) in [5, 5.41) is 14.6.